The molecule has 0 aliphatic carbocycles. The van der Waals surface area contributed by atoms with E-state index in [2.05, 4.69) is 5.32 Å². The minimum Gasteiger partial charge on any atom is -0.486 e. The number of carbonyl (C=O) groups is 2. The van der Waals surface area contributed by atoms with Crippen molar-refractivity contribution in [3.05, 3.63) is 59.7 Å². The highest BCUT2D eigenvalue weighted by Gasteiger charge is 2.49. The summed E-state index contributed by atoms with van der Waals surface area (Å²) in [5.41, 5.74) is 0.950. The highest BCUT2D eigenvalue weighted by molar-refractivity contribution is 5.95. The lowest BCUT2D eigenvalue weighted by atomic mass is 9.77. The summed E-state index contributed by atoms with van der Waals surface area (Å²) >= 11 is 0. The molecule has 0 radical (unpaired) electrons. The first-order valence-corrected chi connectivity index (χ1v) is 9.83. The topological polar surface area (TPSA) is 77.1 Å². The lowest BCUT2D eigenvalue weighted by Crippen LogP contribution is -2.67. The van der Waals surface area contributed by atoms with Crippen molar-refractivity contribution in [3.8, 4) is 11.5 Å². The van der Waals surface area contributed by atoms with Crippen LogP contribution in [-0.4, -0.2) is 55.7 Å². The first-order chi connectivity index (χ1) is 14.2. The number of rotatable bonds is 2. The summed E-state index contributed by atoms with van der Waals surface area (Å²) in [4.78, 5) is 27.1. The minimum absolute atomic E-state index is 0.00526. The Morgan fingerprint density at radius 2 is 1.86 bits per heavy atom. The summed E-state index contributed by atoms with van der Waals surface area (Å²) in [6, 6.07) is 15.1. The lowest BCUT2D eigenvalue weighted by molar-refractivity contribution is -0.150. The molecular weight excluding hydrogens is 372 g/mol. The van der Waals surface area contributed by atoms with Crippen molar-refractivity contribution in [3.63, 3.8) is 0 Å². The van der Waals surface area contributed by atoms with Crippen molar-refractivity contribution in [1.29, 1.82) is 0 Å². The van der Waals surface area contributed by atoms with Gasteiger partial charge in [-0.25, -0.2) is 0 Å². The molecule has 3 heterocycles. The molecule has 2 atom stereocenters. The minimum atomic E-state index is -0.611. The molecule has 2 aromatic rings. The van der Waals surface area contributed by atoms with E-state index in [1.54, 1.807) is 23.1 Å². The van der Waals surface area contributed by atoms with Crippen LogP contribution >= 0.6 is 0 Å². The zero-order chi connectivity index (χ0) is 19.8. The van der Waals surface area contributed by atoms with Gasteiger partial charge in [0, 0.05) is 18.7 Å². The number of fused-ring (bicyclic) bond motifs is 2. The molecule has 3 aliphatic rings. The van der Waals surface area contributed by atoms with Gasteiger partial charge in [0.15, 0.2) is 11.5 Å². The standard InChI is InChI=1S/C22H22N2O5/c25-20-14-29-19-13-24(9-8-22(19,23-20)16-4-2-1-3-5-16)21(26)15-6-7-17-18(12-15)28-11-10-27-17/h1-7,12,19H,8-11,13-14H2,(H,23,25)/t19-,22+/m1/s1. The van der Waals surface area contributed by atoms with Crippen LogP contribution in [0.25, 0.3) is 0 Å². The number of hydrogen-bond acceptors (Lipinski definition) is 5. The van der Waals surface area contributed by atoms with Crippen LogP contribution in [0.5, 0.6) is 11.5 Å². The molecule has 0 saturated carbocycles. The number of hydrogen-bond donors (Lipinski definition) is 1. The summed E-state index contributed by atoms with van der Waals surface area (Å²) in [6.45, 7) is 1.92. The van der Waals surface area contributed by atoms with Gasteiger partial charge in [-0.1, -0.05) is 30.3 Å². The Morgan fingerprint density at radius 3 is 2.69 bits per heavy atom. The third kappa shape index (κ3) is 3.11. The number of benzene rings is 2. The van der Waals surface area contributed by atoms with E-state index in [4.69, 9.17) is 14.2 Å². The number of nitrogens with zero attached hydrogens (tertiary/aromatic N) is 1. The number of ether oxygens (including phenoxy) is 3. The number of amides is 2. The van der Waals surface area contributed by atoms with Crippen LogP contribution in [0.2, 0.25) is 0 Å². The highest BCUT2D eigenvalue weighted by atomic mass is 16.6. The van der Waals surface area contributed by atoms with E-state index in [-0.39, 0.29) is 24.5 Å². The Labute approximate surface area is 168 Å². The summed E-state index contributed by atoms with van der Waals surface area (Å²) in [5.74, 6) is 1.05. The third-order valence-corrected chi connectivity index (χ3v) is 5.86. The molecule has 0 unspecified atom stereocenters. The Bertz CT molecular complexity index is 947. The van der Waals surface area contributed by atoms with Crippen LogP contribution in [-0.2, 0) is 15.1 Å². The van der Waals surface area contributed by atoms with Crippen LogP contribution < -0.4 is 14.8 Å². The second-order valence-electron chi connectivity index (χ2n) is 7.54. The summed E-state index contributed by atoms with van der Waals surface area (Å²) in [6.07, 6.45) is 0.279. The van der Waals surface area contributed by atoms with Gasteiger partial charge in [-0.15, -0.1) is 0 Å². The van der Waals surface area contributed by atoms with Gasteiger partial charge in [0.1, 0.15) is 25.9 Å². The van der Waals surface area contributed by atoms with Crippen molar-refractivity contribution in [2.45, 2.75) is 18.1 Å². The van der Waals surface area contributed by atoms with E-state index in [9.17, 15) is 9.59 Å². The third-order valence-electron chi connectivity index (χ3n) is 5.86. The van der Waals surface area contributed by atoms with Crippen molar-refractivity contribution >= 4 is 11.8 Å². The number of morpholine rings is 1. The Balaban J connectivity index is 1.40. The summed E-state index contributed by atoms with van der Waals surface area (Å²) in [7, 11) is 0. The van der Waals surface area contributed by atoms with Crippen LogP contribution in [0, 0.1) is 0 Å². The molecule has 3 aliphatic heterocycles. The van der Waals surface area contributed by atoms with E-state index in [0.717, 1.165) is 5.56 Å². The SMILES string of the molecule is O=C1CO[C@@H]2CN(C(=O)c3ccc4c(c3)OCCO4)CC[C@@]2(c2ccccc2)N1. The molecule has 1 N–H and O–H groups in total. The number of likely N-dealkylation sites (tertiary alicyclic amines) is 1. The van der Waals surface area contributed by atoms with Crippen LogP contribution in [0.3, 0.4) is 0 Å². The maximum Gasteiger partial charge on any atom is 0.254 e. The molecule has 2 fully saturated rings. The molecule has 2 amide bonds. The number of carbonyl (C=O) groups excluding carboxylic acids is 2. The van der Waals surface area contributed by atoms with Gasteiger partial charge in [-0.2, -0.15) is 0 Å². The Hall–Kier alpha value is -3.06. The van der Waals surface area contributed by atoms with E-state index in [1.165, 1.54) is 0 Å². The van der Waals surface area contributed by atoms with E-state index in [0.29, 0.717) is 49.8 Å². The predicted octanol–water partition coefficient (Wildman–Crippen LogP) is 1.71. The molecule has 0 aromatic heterocycles. The summed E-state index contributed by atoms with van der Waals surface area (Å²) < 4.78 is 17.0. The van der Waals surface area contributed by atoms with Crippen LogP contribution in [0.15, 0.2) is 48.5 Å². The highest BCUT2D eigenvalue weighted by Crippen LogP contribution is 2.38. The zero-order valence-corrected chi connectivity index (χ0v) is 15.9. The fourth-order valence-corrected chi connectivity index (χ4v) is 4.40. The molecular formula is C22H22N2O5. The fraction of sp³-hybridized carbons (Fsp3) is 0.364. The van der Waals surface area contributed by atoms with Crippen molar-refractivity contribution in [2.24, 2.45) is 0 Å². The van der Waals surface area contributed by atoms with Crippen molar-refractivity contribution in [1.82, 2.24) is 10.2 Å². The first-order valence-electron chi connectivity index (χ1n) is 9.83. The van der Waals surface area contributed by atoms with Gasteiger partial charge >= 0.3 is 0 Å². The van der Waals surface area contributed by atoms with Crippen LogP contribution in [0.4, 0.5) is 0 Å². The number of piperidine rings is 1. The average molecular weight is 394 g/mol. The molecule has 150 valence electrons. The quantitative estimate of drug-likeness (QED) is 0.839. The van der Waals surface area contributed by atoms with Crippen molar-refractivity contribution < 1.29 is 23.8 Å². The molecule has 7 nitrogen and oxygen atoms in total. The fourth-order valence-electron chi connectivity index (χ4n) is 4.40. The Morgan fingerprint density at radius 1 is 1.07 bits per heavy atom. The van der Waals surface area contributed by atoms with Gasteiger partial charge in [0.2, 0.25) is 5.91 Å². The Kier molecular flexibility index (Phi) is 4.39. The lowest BCUT2D eigenvalue weighted by Gasteiger charge is -2.50. The molecule has 0 bridgehead atoms. The van der Waals surface area contributed by atoms with Crippen LogP contribution in [0.1, 0.15) is 22.3 Å². The van der Waals surface area contributed by atoms with Gasteiger partial charge in [-0.05, 0) is 30.2 Å². The molecule has 29 heavy (non-hydrogen) atoms. The first kappa shape index (κ1) is 18.0. The molecule has 2 aromatic carbocycles. The maximum absolute atomic E-state index is 13.2. The predicted molar refractivity (Wildman–Crippen MR) is 104 cm³/mol. The van der Waals surface area contributed by atoms with Crippen molar-refractivity contribution in [2.75, 3.05) is 32.9 Å². The van der Waals surface area contributed by atoms with Gasteiger partial charge in [0.05, 0.1) is 5.54 Å². The van der Waals surface area contributed by atoms with E-state index >= 15 is 0 Å². The van der Waals surface area contributed by atoms with Gasteiger partial charge in [-0.3, -0.25) is 9.59 Å². The molecule has 0 spiro atoms. The average Bonchev–Trinajstić information content (AvgIpc) is 2.78. The number of nitrogens with one attached hydrogen (secondary N) is 1. The second kappa shape index (κ2) is 7.08. The van der Waals surface area contributed by atoms with E-state index in [1.807, 2.05) is 30.3 Å². The van der Waals surface area contributed by atoms with Gasteiger partial charge in [0.25, 0.3) is 5.91 Å². The monoisotopic (exact) mass is 394 g/mol. The second-order valence-corrected chi connectivity index (χ2v) is 7.54. The normalized spacial score (nSPS) is 25.7. The molecule has 2 saturated heterocycles. The van der Waals surface area contributed by atoms with E-state index < -0.39 is 5.54 Å². The van der Waals surface area contributed by atoms with Gasteiger partial charge < -0.3 is 24.4 Å². The largest absolute Gasteiger partial charge is 0.486 e. The zero-order valence-electron chi connectivity index (χ0n) is 15.9. The smallest absolute Gasteiger partial charge is 0.254 e. The maximum atomic E-state index is 13.2. The summed E-state index contributed by atoms with van der Waals surface area (Å²) in [5, 5.41) is 3.15. The molecule has 5 rings (SSSR count). The molecule has 7 heteroatoms.